The van der Waals surface area contributed by atoms with Crippen molar-refractivity contribution >= 4 is 11.6 Å². The van der Waals surface area contributed by atoms with E-state index >= 15 is 0 Å². The molecule has 1 rings (SSSR count). The minimum atomic E-state index is -4.46. The second-order valence-corrected chi connectivity index (χ2v) is 3.38. The summed E-state index contributed by atoms with van der Waals surface area (Å²) < 4.78 is 36.8. The lowest BCUT2D eigenvalue weighted by molar-refractivity contribution is -0.149. The van der Waals surface area contributed by atoms with Gasteiger partial charge in [0.15, 0.2) is 0 Å². The minimum Gasteiger partial charge on any atom is -0.316 e. The largest absolute Gasteiger partial charge is 0.407 e. The van der Waals surface area contributed by atoms with E-state index in [2.05, 4.69) is 0 Å². The zero-order valence-electron chi connectivity index (χ0n) is 7.40. The van der Waals surface area contributed by atoms with Gasteiger partial charge in [0, 0.05) is 5.02 Å². The second kappa shape index (κ2) is 3.79. The molecule has 0 heterocycles. The lowest BCUT2D eigenvalue weighted by Crippen LogP contribution is -2.28. The average molecular weight is 224 g/mol. The van der Waals surface area contributed by atoms with Crippen molar-refractivity contribution in [3.8, 4) is 0 Å². The topological polar surface area (TPSA) is 26.0 Å². The average Bonchev–Trinajstić information content (AvgIpc) is 2.07. The van der Waals surface area contributed by atoms with E-state index in [1.165, 1.54) is 12.1 Å². The van der Waals surface area contributed by atoms with Crippen LogP contribution in [0.5, 0.6) is 0 Å². The van der Waals surface area contributed by atoms with Gasteiger partial charge in [0.2, 0.25) is 0 Å². The predicted octanol–water partition coefficient (Wildman–Crippen LogP) is 3.21. The maximum Gasteiger partial charge on any atom is 0.407 e. The molecule has 0 amide bonds. The highest BCUT2D eigenvalue weighted by Gasteiger charge is 2.38. The van der Waals surface area contributed by atoms with Crippen LogP contribution in [-0.2, 0) is 0 Å². The van der Waals surface area contributed by atoms with Crippen LogP contribution < -0.4 is 5.73 Å². The fourth-order valence-electron chi connectivity index (χ4n) is 1.09. The van der Waals surface area contributed by atoms with Gasteiger partial charge in [0.05, 0.1) is 0 Å². The fourth-order valence-corrected chi connectivity index (χ4v) is 1.33. The highest BCUT2D eigenvalue weighted by molar-refractivity contribution is 6.32. The van der Waals surface area contributed by atoms with E-state index in [0.717, 1.165) is 0 Å². The van der Waals surface area contributed by atoms with Crippen LogP contribution in [-0.4, -0.2) is 6.18 Å². The van der Waals surface area contributed by atoms with Crippen molar-refractivity contribution in [2.45, 2.75) is 19.1 Å². The second-order valence-electron chi connectivity index (χ2n) is 3.00. The standard InChI is InChI=1S/C9H9ClF3N/c1-5-3-2-4-6(7(5)10)8(14)9(11,12)13/h2-4,8H,14H2,1H3/t8-/m1/s1. The summed E-state index contributed by atoms with van der Waals surface area (Å²) in [6, 6.07) is 2.40. The third-order valence-corrected chi connectivity index (χ3v) is 2.43. The molecule has 0 saturated carbocycles. The van der Waals surface area contributed by atoms with Gasteiger partial charge in [-0.1, -0.05) is 29.8 Å². The molecule has 0 aliphatic carbocycles. The molecule has 0 spiro atoms. The van der Waals surface area contributed by atoms with Crippen molar-refractivity contribution in [1.29, 1.82) is 0 Å². The number of hydrogen-bond acceptors (Lipinski definition) is 1. The van der Waals surface area contributed by atoms with Gasteiger partial charge in [-0.2, -0.15) is 13.2 Å². The molecular formula is C9H9ClF3N. The van der Waals surface area contributed by atoms with Gasteiger partial charge >= 0.3 is 6.18 Å². The lowest BCUT2D eigenvalue weighted by Gasteiger charge is -2.17. The normalized spacial score (nSPS) is 14.1. The predicted molar refractivity (Wildman–Crippen MR) is 49.2 cm³/mol. The molecule has 0 saturated heterocycles. The van der Waals surface area contributed by atoms with Crippen LogP contribution in [0.2, 0.25) is 5.02 Å². The molecule has 1 atom stereocenters. The van der Waals surface area contributed by atoms with E-state index in [1.54, 1.807) is 13.0 Å². The Morgan fingerprint density at radius 1 is 1.36 bits per heavy atom. The molecule has 78 valence electrons. The van der Waals surface area contributed by atoms with Gasteiger partial charge < -0.3 is 5.73 Å². The van der Waals surface area contributed by atoms with Crippen LogP contribution in [0.25, 0.3) is 0 Å². The van der Waals surface area contributed by atoms with Crippen molar-refractivity contribution in [3.63, 3.8) is 0 Å². The molecular weight excluding hydrogens is 215 g/mol. The summed E-state index contributed by atoms with van der Waals surface area (Å²) in [5.41, 5.74) is 5.54. The Hall–Kier alpha value is -0.740. The molecule has 5 heteroatoms. The summed E-state index contributed by atoms with van der Waals surface area (Å²) in [6.45, 7) is 1.63. The van der Waals surface area contributed by atoms with Gasteiger partial charge in [-0.15, -0.1) is 0 Å². The van der Waals surface area contributed by atoms with Gasteiger partial charge in [-0.25, -0.2) is 0 Å². The Labute approximate surface area is 84.7 Å². The monoisotopic (exact) mass is 223 g/mol. The fraction of sp³-hybridized carbons (Fsp3) is 0.333. The lowest BCUT2D eigenvalue weighted by atomic mass is 10.0. The Balaban J connectivity index is 3.14. The van der Waals surface area contributed by atoms with Crippen LogP contribution in [0.1, 0.15) is 17.2 Å². The molecule has 0 fully saturated rings. The van der Waals surface area contributed by atoms with Crippen molar-refractivity contribution in [3.05, 3.63) is 34.3 Å². The van der Waals surface area contributed by atoms with Crippen molar-refractivity contribution in [2.24, 2.45) is 5.73 Å². The van der Waals surface area contributed by atoms with Gasteiger partial charge in [-0.05, 0) is 18.1 Å². The van der Waals surface area contributed by atoms with Gasteiger partial charge in [0.1, 0.15) is 6.04 Å². The van der Waals surface area contributed by atoms with E-state index in [-0.39, 0.29) is 10.6 Å². The Morgan fingerprint density at radius 2 is 1.93 bits per heavy atom. The molecule has 0 bridgehead atoms. The number of alkyl halides is 3. The first-order valence-electron chi connectivity index (χ1n) is 3.91. The molecule has 0 aliphatic heterocycles. The first-order valence-corrected chi connectivity index (χ1v) is 4.29. The molecule has 1 nitrogen and oxygen atoms in total. The molecule has 2 N–H and O–H groups in total. The molecule has 14 heavy (non-hydrogen) atoms. The maximum atomic E-state index is 12.3. The quantitative estimate of drug-likeness (QED) is 0.777. The number of rotatable bonds is 1. The Morgan fingerprint density at radius 3 is 2.43 bits per heavy atom. The highest BCUT2D eigenvalue weighted by atomic mass is 35.5. The van der Waals surface area contributed by atoms with E-state index in [9.17, 15) is 13.2 Å². The smallest absolute Gasteiger partial charge is 0.316 e. The molecule has 0 radical (unpaired) electrons. The maximum absolute atomic E-state index is 12.3. The SMILES string of the molecule is Cc1cccc([C@@H](N)C(F)(F)F)c1Cl. The first kappa shape index (κ1) is 11.3. The van der Waals surface area contributed by atoms with Crippen LogP contribution >= 0.6 is 11.6 Å². The van der Waals surface area contributed by atoms with Crippen molar-refractivity contribution < 1.29 is 13.2 Å². The zero-order valence-corrected chi connectivity index (χ0v) is 8.15. The minimum absolute atomic E-state index is 0.0809. The number of nitrogens with two attached hydrogens (primary N) is 1. The molecule has 1 aromatic carbocycles. The highest BCUT2D eigenvalue weighted by Crippen LogP contribution is 2.35. The van der Waals surface area contributed by atoms with Crippen molar-refractivity contribution in [2.75, 3.05) is 0 Å². The first-order chi connectivity index (χ1) is 6.34. The van der Waals surface area contributed by atoms with Gasteiger partial charge in [0.25, 0.3) is 0 Å². The van der Waals surface area contributed by atoms with Crippen LogP contribution in [0, 0.1) is 6.92 Å². The summed E-state index contributed by atoms with van der Waals surface area (Å²) in [7, 11) is 0. The van der Waals surface area contributed by atoms with Crippen LogP contribution in [0.3, 0.4) is 0 Å². The van der Waals surface area contributed by atoms with Crippen LogP contribution in [0.4, 0.5) is 13.2 Å². The van der Waals surface area contributed by atoms with E-state index in [4.69, 9.17) is 17.3 Å². The Kier molecular flexibility index (Phi) is 3.07. The number of halogens is 4. The summed E-state index contributed by atoms with van der Waals surface area (Å²) >= 11 is 5.71. The van der Waals surface area contributed by atoms with E-state index in [1.807, 2.05) is 0 Å². The van der Waals surface area contributed by atoms with E-state index in [0.29, 0.717) is 5.56 Å². The third kappa shape index (κ3) is 2.19. The Bertz CT molecular complexity index is 335. The molecule has 0 aromatic heterocycles. The van der Waals surface area contributed by atoms with Crippen LogP contribution in [0.15, 0.2) is 18.2 Å². The molecule has 1 aromatic rings. The van der Waals surface area contributed by atoms with E-state index < -0.39 is 12.2 Å². The number of benzene rings is 1. The zero-order chi connectivity index (χ0) is 10.9. The summed E-state index contributed by atoms with van der Waals surface area (Å²) in [5.74, 6) is 0. The van der Waals surface area contributed by atoms with Gasteiger partial charge in [-0.3, -0.25) is 0 Å². The summed E-state index contributed by atoms with van der Waals surface area (Å²) in [4.78, 5) is 0. The molecule has 0 aliphatic rings. The summed E-state index contributed by atoms with van der Waals surface area (Å²) in [6.07, 6.45) is -4.46. The number of hydrogen-bond donors (Lipinski definition) is 1. The summed E-state index contributed by atoms with van der Waals surface area (Å²) in [5, 5.41) is 0.0809. The number of aryl methyl sites for hydroxylation is 1. The molecule has 0 unspecified atom stereocenters. The van der Waals surface area contributed by atoms with Crippen molar-refractivity contribution in [1.82, 2.24) is 0 Å². The third-order valence-electron chi connectivity index (χ3n) is 1.91.